The second-order valence-corrected chi connectivity index (χ2v) is 10.3. The Morgan fingerprint density at radius 2 is 1.72 bits per heavy atom. The fourth-order valence-electron chi connectivity index (χ4n) is 4.76. The van der Waals surface area contributed by atoms with Crippen LogP contribution < -0.4 is 15.4 Å². The van der Waals surface area contributed by atoms with Crippen LogP contribution in [0.1, 0.15) is 27.0 Å². The van der Waals surface area contributed by atoms with E-state index in [1.54, 1.807) is 54.6 Å². The lowest BCUT2D eigenvalue weighted by molar-refractivity contribution is -0.152. The van der Waals surface area contributed by atoms with Crippen LogP contribution in [0.4, 0.5) is 8.78 Å². The first-order chi connectivity index (χ1) is 20.5. The minimum Gasteiger partial charge on any atom is -0.508 e. The number of hydrogen-bond acceptors (Lipinski definition) is 6. The largest absolute Gasteiger partial charge is 0.508 e. The first-order valence-electron chi connectivity index (χ1n) is 13.6. The van der Waals surface area contributed by atoms with Gasteiger partial charge in [-0.2, -0.15) is 0 Å². The zero-order chi connectivity index (χ0) is 31.1. The summed E-state index contributed by atoms with van der Waals surface area (Å²) in [7, 11) is 1.52. The Morgan fingerprint density at radius 3 is 2.40 bits per heavy atom. The Kier molecular flexibility index (Phi) is 9.77. The van der Waals surface area contributed by atoms with Crippen molar-refractivity contribution in [3.63, 3.8) is 0 Å². The number of phenols is 1. The van der Waals surface area contributed by atoms with Crippen molar-refractivity contribution in [3.8, 4) is 11.5 Å². The minimum absolute atomic E-state index is 0.0221. The lowest BCUT2D eigenvalue weighted by atomic mass is 9.97. The molecule has 43 heavy (non-hydrogen) atoms. The molecule has 0 aliphatic carbocycles. The monoisotopic (exact) mass is 593 g/mol. The van der Waals surface area contributed by atoms with Gasteiger partial charge in [-0.15, -0.1) is 0 Å². The topological polar surface area (TPSA) is 128 Å². The first kappa shape index (κ1) is 31.2. The van der Waals surface area contributed by atoms with E-state index in [0.29, 0.717) is 27.9 Å². The summed E-state index contributed by atoms with van der Waals surface area (Å²) in [6, 6.07) is 17.2. The molecule has 226 valence electrons. The number of aromatic hydroxyl groups is 1. The molecule has 4 rings (SSSR count). The Morgan fingerprint density at radius 1 is 1.02 bits per heavy atom. The zero-order valence-corrected chi connectivity index (χ0v) is 23.7. The van der Waals surface area contributed by atoms with Gasteiger partial charge in [0.25, 0.3) is 17.7 Å². The van der Waals surface area contributed by atoms with E-state index in [2.05, 4.69) is 10.6 Å². The molecular weight excluding hydrogens is 560 g/mol. The summed E-state index contributed by atoms with van der Waals surface area (Å²) in [5, 5.41) is 26.6. The summed E-state index contributed by atoms with van der Waals surface area (Å²) in [6.07, 6.45) is -0.514. The summed E-state index contributed by atoms with van der Waals surface area (Å²) >= 11 is 0. The third kappa shape index (κ3) is 7.75. The van der Waals surface area contributed by atoms with Gasteiger partial charge in [0.15, 0.2) is 6.10 Å². The summed E-state index contributed by atoms with van der Waals surface area (Å²) in [6.45, 7) is 0.455. The van der Waals surface area contributed by atoms with Gasteiger partial charge in [0.2, 0.25) is 5.91 Å². The van der Waals surface area contributed by atoms with Crippen LogP contribution in [-0.2, 0) is 22.6 Å². The molecule has 1 aliphatic heterocycles. The smallest absolute Gasteiger partial charge is 0.283 e. The third-order valence-corrected chi connectivity index (χ3v) is 7.22. The highest BCUT2D eigenvalue weighted by molar-refractivity contribution is 5.97. The van der Waals surface area contributed by atoms with Crippen molar-refractivity contribution in [1.82, 2.24) is 15.5 Å². The average Bonchev–Trinajstić information content (AvgIpc) is 3.00. The molecule has 11 heteroatoms. The second kappa shape index (κ2) is 13.5. The van der Waals surface area contributed by atoms with Gasteiger partial charge < -0.3 is 30.5 Å². The van der Waals surface area contributed by atoms with Gasteiger partial charge in [-0.3, -0.25) is 14.4 Å². The maximum Gasteiger partial charge on any atom is 0.283 e. The standard InChI is InChI=1S/C32H33F2N3O6/c1-20-24(9-6-10-27(20)38)29(40)36-25(17-21-7-4-3-5-8-21)28(39)31(42)37-19-32(33,34)16-15-26(37)30(41)35-18-22-11-13-23(43-2)14-12-22/h3-16,25-26,28,38-39H,17-19H2,1-2H3,(H,35,41)(H,36,40)/t25-,26-,28-/m0/s1. The van der Waals surface area contributed by atoms with E-state index < -0.39 is 48.4 Å². The Balaban J connectivity index is 1.56. The number of alkyl halides is 2. The molecule has 3 aromatic carbocycles. The Labute approximate surface area is 247 Å². The second-order valence-electron chi connectivity index (χ2n) is 10.3. The van der Waals surface area contributed by atoms with Crippen LogP contribution >= 0.6 is 0 Å². The van der Waals surface area contributed by atoms with Gasteiger partial charge in [-0.05, 0) is 54.8 Å². The van der Waals surface area contributed by atoms with Crippen molar-refractivity contribution in [3.05, 3.63) is 107 Å². The van der Waals surface area contributed by atoms with E-state index in [4.69, 9.17) is 4.74 Å². The normalized spacial score (nSPS) is 17.0. The zero-order valence-electron chi connectivity index (χ0n) is 23.7. The number of benzene rings is 3. The Bertz CT molecular complexity index is 1480. The number of phenolic OH excluding ortho intramolecular Hbond substituents is 1. The van der Waals surface area contributed by atoms with E-state index in [-0.39, 0.29) is 29.8 Å². The number of aliphatic hydroxyl groups excluding tert-OH is 1. The molecule has 3 aromatic rings. The molecular formula is C32H33F2N3O6. The van der Waals surface area contributed by atoms with Crippen LogP contribution in [0.15, 0.2) is 84.9 Å². The number of methoxy groups -OCH3 is 1. The lowest BCUT2D eigenvalue weighted by Crippen LogP contribution is -2.60. The van der Waals surface area contributed by atoms with E-state index in [9.17, 15) is 33.4 Å². The molecule has 9 nitrogen and oxygen atoms in total. The van der Waals surface area contributed by atoms with Crippen LogP contribution in [-0.4, -0.2) is 70.6 Å². The van der Waals surface area contributed by atoms with E-state index in [0.717, 1.165) is 6.08 Å². The van der Waals surface area contributed by atoms with Crippen LogP contribution in [0, 0.1) is 6.92 Å². The molecule has 0 saturated heterocycles. The molecule has 4 N–H and O–H groups in total. The maximum atomic E-state index is 14.5. The van der Waals surface area contributed by atoms with Gasteiger partial charge in [0, 0.05) is 17.7 Å². The molecule has 3 amide bonds. The number of halogens is 2. The van der Waals surface area contributed by atoms with Crippen LogP contribution in [0.5, 0.6) is 11.5 Å². The number of carbonyl (C=O) groups excluding carboxylic acids is 3. The molecule has 0 unspecified atom stereocenters. The predicted molar refractivity (Wildman–Crippen MR) is 155 cm³/mol. The van der Waals surface area contributed by atoms with Gasteiger partial charge in [0.1, 0.15) is 17.5 Å². The number of rotatable bonds is 10. The number of amides is 3. The van der Waals surface area contributed by atoms with Gasteiger partial charge >= 0.3 is 0 Å². The van der Waals surface area contributed by atoms with Crippen LogP contribution in [0.3, 0.4) is 0 Å². The summed E-state index contributed by atoms with van der Waals surface area (Å²) in [5.74, 6) is -5.49. The van der Waals surface area contributed by atoms with Crippen LogP contribution in [0.2, 0.25) is 0 Å². The highest BCUT2D eigenvalue weighted by Gasteiger charge is 2.44. The minimum atomic E-state index is -3.45. The van der Waals surface area contributed by atoms with Crippen LogP contribution in [0.25, 0.3) is 0 Å². The molecule has 1 heterocycles. The lowest BCUT2D eigenvalue weighted by Gasteiger charge is -2.37. The summed E-state index contributed by atoms with van der Waals surface area (Å²) in [4.78, 5) is 40.6. The van der Waals surface area contributed by atoms with Gasteiger partial charge in [-0.1, -0.05) is 54.6 Å². The number of aliphatic hydroxyl groups is 1. The molecule has 0 spiro atoms. The van der Waals surface area contributed by atoms with Crippen molar-refractivity contribution < 1.29 is 38.1 Å². The van der Waals surface area contributed by atoms with E-state index in [1.807, 2.05) is 0 Å². The highest BCUT2D eigenvalue weighted by Crippen LogP contribution is 2.26. The van der Waals surface area contributed by atoms with Crippen molar-refractivity contribution in [2.45, 2.75) is 44.0 Å². The quantitative estimate of drug-likeness (QED) is 0.268. The molecule has 0 fully saturated rings. The Hall–Kier alpha value is -4.77. The summed E-state index contributed by atoms with van der Waals surface area (Å²) < 4.78 is 34.1. The number of nitrogens with one attached hydrogen (secondary N) is 2. The third-order valence-electron chi connectivity index (χ3n) is 7.22. The maximum absolute atomic E-state index is 14.5. The fourth-order valence-corrected chi connectivity index (χ4v) is 4.76. The predicted octanol–water partition coefficient (Wildman–Crippen LogP) is 3.13. The SMILES string of the molecule is COc1ccc(CNC(=O)[C@@H]2C=CC(F)(F)CN2C(=O)[C@@H](O)[C@H](Cc2ccccc2)NC(=O)c2cccc(O)c2C)cc1. The average molecular weight is 594 g/mol. The van der Waals surface area contributed by atoms with Crippen molar-refractivity contribution >= 4 is 17.7 Å². The van der Waals surface area contributed by atoms with Gasteiger partial charge in [-0.25, -0.2) is 8.78 Å². The molecule has 0 bridgehead atoms. The molecule has 0 radical (unpaired) electrons. The highest BCUT2D eigenvalue weighted by atomic mass is 19.3. The van der Waals surface area contributed by atoms with Crippen molar-refractivity contribution in [1.29, 1.82) is 0 Å². The van der Waals surface area contributed by atoms with Gasteiger partial charge in [0.05, 0.1) is 19.7 Å². The van der Waals surface area contributed by atoms with Crippen molar-refractivity contribution in [2.75, 3.05) is 13.7 Å². The molecule has 1 aliphatic rings. The number of hydrogen-bond donors (Lipinski definition) is 4. The van der Waals surface area contributed by atoms with E-state index in [1.165, 1.54) is 32.2 Å². The van der Waals surface area contributed by atoms with E-state index >= 15 is 0 Å². The summed E-state index contributed by atoms with van der Waals surface area (Å²) in [5.41, 5.74) is 1.77. The fraction of sp³-hybridized carbons (Fsp3) is 0.281. The number of ether oxygens (including phenoxy) is 1. The first-order valence-corrected chi connectivity index (χ1v) is 13.6. The molecule has 3 atom stereocenters. The van der Waals surface area contributed by atoms with Crippen molar-refractivity contribution in [2.24, 2.45) is 0 Å². The molecule has 0 aromatic heterocycles. The molecule has 0 saturated carbocycles. The number of nitrogens with zero attached hydrogens (tertiary/aromatic N) is 1. The number of carbonyl (C=O) groups is 3.